The number of hydrogen-bond acceptors (Lipinski definition) is 2. The zero-order valence-electron chi connectivity index (χ0n) is 11.6. The minimum absolute atomic E-state index is 0.642. The van der Waals surface area contributed by atoms with Crippen LogP contribution in [0.5, 0.6) is 0 Å². The van der Waals surface area contributed by atoms with Crippen molar-refractivity contribution in [2.24, 2.45) is 0 Å². The molecule has 2 aromatic carbocycles. The first kappa shape index (κ1) is 14.2. The van der Waals surface area contributed by atoms with Crippen molar-refractivity contribution in [3.8, 4) is 11.4 Å². The third-order valence-corrected chi connectivity index (χ3v) is 3.95. The summed E-state index contributed by atoms with van der Waals surface area (Å²) in [5.74, 6) is 0.825. The summed E-state index contributed by atoms with van der Waals surface area (Å²) in [7, 11) is 0. The molecule has 0 saturated carbocycles. The molecule has 1 heterocycles. The lowest BCUT2D eigenvalue weighted by molar-refractivity contribution is 0.704. The van der Waals surface area contributed by atoms with E-state index in [4.69, 9.17) is 33.9 Å². The number of imidazole rings is 1. The Morgan fingerprint density at radius 1 is 1.14 bits per heavy atom. The number of hydrogen-bond donors (Lipinski definition) is 1. The minimum Gasteiger partial charge on any atom is -0.399 e. The Morgan fingerprint density at radius 3 is 2.71 bits per heavy atom. The second-order valence-corrected chi connectivity index (χ2v) is 5.80. The summed E-state index contributed by atoms with van der Waals surface area (Å²) in [6.45, 7) is 2.97. The molecule has 0 aliphatic heterocycles. The quantitative estimate of drug-likeness (QED) is 0.690. The van der Waals surface area contributed by atoms with E-state index in [-0.39, 0.29) is 0 Å². The lowest BCUT2D eigenvalue weighted by atomic mass is 10.2. The van der Waals surface area contributed by atoms with Gasteiger partial charge in [0.15, 0.2) is 0 Å². The Bertz CT molecular complexity index is 809. The maximum atomic E-state index is 6.33. The number of aryl methyl sites for hydroxylation is 1. The van der Waals surface area contributed by atoms with E-state index < -0.39 is 0 Å². The van der Waals surface area contributed by atoms with Crippen LogP contribution in [-0.4, -0.2) is 9.55 Å². The Morgan fingerprint density at radius 2 is 1.95 bits per heavy atom. The molecule has 0 amide bonds. The maximum Gasteiger partial charge on any atom is 0.142 e. The number of anilines is 1. The molecule has 1 aromatic heterocycles. The van der Waals surface area contributed by atoms with Gasteiger partial charge < -0.3 is 10.3 Å². The molecule has 0 saturated heterocycles. The van der Waals surface area contributed by atoms with Crippen molar-refractivity contribution < 1.29 is 0 Å². The van der Waals surface area contributed by atoms with E-state index in [0.29, 0.717) is 15.7 Å². The van der Waals surface area contributed by atoms with Gasteiger partial charge in [0.05, 0.1) is 16.1 Å². The highest BCUT2D eigenvalue weighted by atomic mass is 35.5. The first-order valence-electron chi connectivity index (χ1n) is 6.81. The predicted octanol–water partition coefficient (Wildman–Crippen LogP) is 5.00. The second-order valence-electron chi connectivity index (χ2n) is 4.96. The van der Waals surface area contributed by atoms with Gasteiger partial charge in [-0.3, -0.25) is 0 Å². The average Bonchev–Trinajstić information content (AvgIpc) is 2.80. The summed E-state index contributed by atoms with van der Waals surface area (Å²) in [6.07, 6.45) is 0.991. The number of fused-ring (bicyclic) bond motifs is 1. The van der Waals surface area contributed by atoms with Crippen LogP contribution in [0.2, 0.25) is 10.0 Å². The summed E-state index contributed by atoms with van der Waals surface area (Å²) in [5.41, 5.74) is 9.32. The van der Waals surface area contributed by atoms with Gasteiger partial charge in [0.25, 0.3) is 0 Å². The fourth-order valence-corrected chi connectivity index (χ4v) is 2.83. The van der Waals surface area contributed by atoms with Gasteiger partial charge in [0, 0.05) is 22.8 Å². The molecule has 3 nitrogen and oxygen atoms in total. The largest absolute Gasteiger partial charge is 0.399 e. The lowest BCUT2D eigenvalue weighted by Gasteiger charge is -2.10. The minimum atomic E-state index is 0.642. The Labute approximate surface area is 133 Å². The van der Waals surface area contributed by atoms with Crippen molar-refractivity contribution in [1.82, 2.24) is 9.55 Å². The van der Waals surface area contributed by atoms with Gasteiger partial charge in [-0.25, -0.2) is 4.98 Å². The van der Waals surface area contributed by atoms with Crippen LogP contribution in [0.3, 0.4) is 0 Å². The molecule has 21 heavy (non-hydrogen) atoms. The number of halogens is 2. The zero-order valence-corrected chi connectivity index (χ0v) is 13.1. The van der Waals surface area contributed by atoms with Crippen LogP contribution in [0.1, 0.15) is 13.3 Å². The van der Waals surface area contributed by atoms with E-state index in [1.165, 1.54) is 0 Å². The van der Waals surface area contributed by atoms with Crippen LogP contribution in [0.15, 0.2) is 36.4 Å². The molecule has 5 heteroatoms. The average molecular weight is 320 g/mol. The smallest absolute Gasteiger partial charge is 0.142 e. The van der Waals surface area contributed by atoms with Crippen molar-refractivity contribution in [3.05, 3.63) is 46.4 Å². The molecule has 0 bridgehead atoms. The Kier molecular flexibility index (Phi) is 3.79. The number of nitrogen functional groups attached to an aromatic ring is 1. The summed E-state index contributed by atoms with van der Waals surface area (Å²) >= 11 is 12.4. The predicted molar refractivity (Wildman–Crippen MR) is 89.9 cm³/mol. The molecule has 0 radical (unpaired) electrons. The second kappa shape index (κ2) is 5.58. The van der Waals surface area contributed by atoms with E-state index in [0.717, 1.165) is 35.4 Å². The highest BCUT2D eigenvalue weighted by Crippen LogP contribution is 2.32. The van der Waals surface area contributed by atoms with Gasteiger partial charge >= 0.3 is 0 Å². The molecule has 3 rings (SSSR count). The molecular weight excluding hydrogens is 305 g/mol. The molecule has 2 N–H and O–H groups in total. The monoisotopic (exact) mass is 319 g/mol. The van der Waals surface area contributed by atoms with Gasteiger partial charge in [0.2, 0.25) is 0 Å². The lowest BCUT2D eigenvalue weighted by Crippen LogP contribution is -2.00. The fourth-order valence-electron chi connectivity index (χ4n) is 2.47. The first-order chi connectivity index (χ1) is 10.1. The number of aromatic nitrogens is 2. The first-order valence-corrected chi connectivity index (χ1v) is 7.57. The third-order valence-electron chi connectivity index (χ3n) is 3.39. The molecule has 3 aromatic rings. The van der Waals surface area contributed by atoms with Crippen molar-refractivity contribution in [2.75, 3.05) is 5.73 Å². The third kappa shape index (κ3) is 2.59. The topological polar surface area (TPSA) is 43.8 Å². The number of nitrogens with zero attached hydrogens (tertiary/aromatic N) is 2. The van der Waals surface area contributed by atoms with E-state index >= 15 is 0 Å². The van der Waals surface area contributed by atoms with Gasteiger partial charge in [-0.1, -0.05) is 30.1 Å². The van der Waals surface area contributed by atoms with Crippen LogP contribution in [0, 0.1) is 0 Å². The fraction of sp³-hybridized carbons (Fsp3) is 0.188. The standard InChI is InChI=1S/C16H15Cl2N3/c1-2-7-21-15-8-10(17)3-6-14(15)20-16(21)12-9-11(19)4-5-13(12)18/h3-6,8-9H,2,7,19H2,1H3. The summed E-state index contributed by atoms with van der Waals surface area (Å²) < 4.78 is 2.14. The van der Waals surface area contributed by atoms with Crippen molar-refractivity contribution in [3.63, 3.8) is 0 Å². The molecule has 0 aliphatic carbocycles. The maximum absolute atomic E-state index is 6.33. The molecule has 0 fully saturated rings. The van der Waals surface area contributed by atoms with Crippen molar-refractivity contribution in [2.45, 2.75) is 19.9 Å². The van der Waals surface area contributed by atoms with Crippen LogP contribution in [0.4, 0.5) is 5.69 Å². The van der Waals surface area contributed by atoms with Gasteiger partial charge in [-0.2, -0.15) is 0 Å². The van der Waals surface area contributed by atoms with Gasteiger partial charge in [-0.05, 0) is 42.8 Å². The molecule has 108 valence electrons. The molecule has 0 aliphatic rings. The molecule has 0 spiro atoms. The highest BCUT2D eigenvalue weighted by Gasteiger charge is 2.15. The van der Waals surface area contributed by atoms with E-state index in [1.54, 1.807) is 12.1 Å². The van der Waals surface area contributed by atoms with Gasteiger partial charge in [0.1, 0.15) is 5.82 Å². The van der Waals surface area contributed by atoms with Crippen LogP contribution in [0.25, 0.3) is 22.4 Å². The number of rotatable bonds is 3. The van der Waals surface area contributed by atoms with Crippen molar-refractivity contribution >= 4 is 39.9 Å². The summed E-state index contributed by atoms with van der Waals surface area (Å²) in [6, 6.07) is 11.1. The Hall–Kier alpha value is -1.71. The number of nitrogens with two attached hydrogens (primary N) is 1. The summed E-state index contributed by atoms with van der Waals surface area (Å²) in [4.78, 5) is 4.71. The van der Waals surface area contributed by atoms with Crippen LogP contribution >= 0.6 is 23.2 Å². The SMILES string of the molecule is CCCn1c(-c2cc(N)ccc2Cl)nc2ccc(Cl)cc21. The van der Waals surface area contributed by atoms with E-state index in [1.807, 2.05) is 24.3 Å². The Balaban J connectivity index is 2.30. The zero-order chi connectivity index (χ0) is 15.0. The molecule has 0 atom stereocenters. The number of benzene rings is 2. The summed E-state index contributed by atoms with van der Waals surface area (Å²) in [5, 5.41) is 1.34. The highest BCUT2D eigenvalue weighted by molar-refractivity contribution is 6.33. The van der Waals surface area contributed by atoms with E-state index in [2.05, 4.69) is 11.5 Å². The van der Waals surface area contributed by atoms with Gasteiger partial charge in [-0.15, -0.1) is 0 Å². The van der Waals surface area contributed by atoms with Crippen LogP contribution in [-0.2, 0) is 6.54 Å². The molecular formula is C16H15Cl2N3. The van der Waals surface area contributed by atoms with Crippen LogP contribution < -0.4 is 5.73 Å². The normalized spacial score (nSPS) is 11.2. The van der Waals surface area contributed by atoms with E-state index in [9.17, 15) is 0 Å². The van der Waals surface area contributed by atoms with Crippen molar-refractivity contribution in [1.29, 1.82) is 0 Å². The molecule has 0 unspecified atom stereocenters.